The Bertz CT molecular complexity index is 318. The maximum Gasteiger partial charge on any atom is 0.323 e. The Morgan fingerprint density at radius 2 is 2.50 bits per heavy atom. The molecule has 0 aliphatic rings. The minimum Gasteiger partial charge on any atom is -0.480 e. The van der Waals surface area contributed by atoms with E-state index in [1.54, 1.807) is 6.92 Å². The highest BCUT2D eigenvalue weighted by Crippen LogP contribution is 2.13. The fourth-order valence-electron chi connectivity index (χ4n) is 0.860. The van der Waals surface area contributed by atoms with Crippen LogP contribution in [0.3, 0.4) is 0 Å². The number of imidazole rings is 1. The van der Waals surface area contributed by atoms with E-state index in [2.05, 4.69) is 10.2 Å². The molecule has 1 heterocycles. The molecule has 12 heavy (non-hydrogen) atoms. The minimum atomic E-state index is -1.03. The van der Waals surface area contributed by atoms with E-state index in [0.29, 0.717) is 5.82 Å². The van der Waals surface area contributed by atoms with E-state index >= 15 is 0 Å². The maximum absolute atomic E-state index is 10.3. The first kappa shape index (κ1) is 8.38. The summed E-state index contributed by atoms with van der Waals surface area (Å²) in [5.74, 6) is -0.525. The first-order valence-corrected chi connectivity index (χ1v) is 3.22. The van der Waals surface area contributed by atoms with Gasteiger partial charge in [0, 0.05) is 0 Å². The number of aromatic nitrogens is 2. The van der Waals surface area contributed by atoms with Crippen LogP contribution < -0.4 is 0 Å². The fourth-order valence-corrected chi connectivity index (χ4v) is 0.860. The van der Waals surface area contributed by atoms with E-state index in [1.165, 1.54) is 10.8 Å². The van der Waals surface area contributed by atoms with Crippen LogP contribution in [0.15, 0.2) is 11.4 Å². The molecule has 1 aromatic rings. The number of nitroso groups, excluding NO2 is 1. The standard InChI is InChI=1S/C6H7N3O3/c1-4-7-2-5(8-12)9(4)3-6(10)11/h2H,3H2,1H3,(H,10,11). The third kappa shape index (κ3) is 1.47. The average molecular weight is 169 g/mol. The lowest BCUT2D eigenvalue weighted by Gasteiger charge is -2.00. The van der Waals surface area contributed by atoms with Crippen molar-refractivity contribution in [2.75, 3.05) is 0 Å². The summed E-state index contributed by atoms with van der Waals surface area (Å²) < 4.78 is 1.23. The van der Waals surface area contributed by atoms with Crippen molar-refractivity contribution in [3.63, 3.8) is 0 Å². The molecule has 0 radical (unpaired) electrons. The monoisotopic (exact) mass is 169 g/mol. The van der Waals surface area contributed by atoms with Crippen LogP contribution >= 0.6 is 0 Å². The van der Waals surface area contributed by atoms with E-state index < -0.39 is 5.97 Å². The van der Waals surface area contributed by atoms with Crippen LogP contribution in [0, 0.1) is 11.8 Å². The summed E-state index contributed by atoms with van der Waals surface area (Å²) in [6.45, 7) is 1.32. The Morgan fingerprint density at radius 1 is 1.83 bits per heavy atom. The molecular formula is C6H7N3O3. The summed E-state index contributed by atoms with van der Waals surface area (Å²) in [4.78, 5) is 24.2. The van der Waals surface area contributed by atoms with E-state index in [1.807, 2.05) is 0 Å². The number of hydrogen-bond acceptors (Lipinski definition) is 4. The van der Waals surface area contributed by atoms with Crippen molar-refractivity contribution in [2.45, 2.75) is 13.5 Å². The number of nitrogens with zero attached hydrogens (tertiary/aromatic N) is 3. The number of aliphatic carboxylic acids is 1. The van der Waals surface area contributed by atoms with Crippen LogP contribution in [0.25, 0.3) is 0 Å². The molecular weight excluding hydrogens is 162 g/mol. The van der Waals surface area contributed by atoms with E-state index in [9.17, 15) is 9.70 Å². The van der Waals surface area contributed by atoms with Gasteiger partial charge in [-0.2, -0.15) is 0 Å². The first-order chi connectivity index (χ1) is 5.65. The normalized spacial score (nSPS) is 9.75. The zero-order valence-corrected chi connectivity index (χ0v) is 6.39. The molecule has 0 aliphatic heterocycles. The van der Waals surface area contributed by atoms with Crippen molar-refractivity contribution in [1.82, 2.24) is 9.55 Å². The molecule has 0 aliphatic carbocycles. The van der Waals surface area contributed by atoms with Crippen molar-refractivity contribution in [2.24, 2.45) is 5.18 Å². The fraction of sp³-hybridized carbons (Fsp3) is 0.333. The Labute approximate surface area is 67.8 Å². The summed E-state index contributed by atoms with van der Waals surface area (Å²) in [5.41, 5.74) is 0. The highest BCUT2D eigenvalue weighted by molar-refractivity contribution is 5.67. The third-order valence-corrected chi connectivity index (χ3v) is 1.42. The van der Waals surface area contributed by atoms with Gasteiger partial charge < -0.3 is 5.11 Å². The second-order valence-corrected chi connectivity index (χ2v) is 2.23. The van der Waals surface area contributed by atoms with Gasteiger partial charge in [-0.3, -0.25) is 9.36 Å². The Balaban J connectivity index is 3.01. The Kier molecular flexibility index (Phi) is 2.18. The lowest BCUT2D eigenvalue weighted by molar-refractivity contribution is -0.137. The molecule has 6 nitrogen and oxygen atoms in total. The zero-order valence-electron chi connectivity index (χ0n) is 6.39. The van der Waals surface area contributed by atoms with E-state index in [4.69, 9.17) is 5.11 Å². The van der Waals surface area contributed by atoms with E-state index in [0.717, 1.165) is 0 Å². The number of aryl methyl sites for hydroxylation is 1. The number of rotatable bonds is 3. The molecule has 1 N–H and O–H groups in total. The number of hydrogen-bond donors (Lipinski definition) is 1. The molecule has 0 saturated heterocycles. The molecule has 0 fully saturated rings. The maximum atomic E-state index is 10.3. The smallest absolute Gasteiger partial charge is 0.323 e. The van der Waals surface area contributed by atoms with Crippen molar-refractivity contribution in [1.29, 1.82) is 0 Å². The second kappa shape index (κ2) is 3.12. The lowest BCUT2D eigenvalue weighted by Crippen LogP contribution is -2.09. The van der Waals surface area contributed by atoms with Crippen molar-refractivity contribution < 1.29 is 9.90 Å². The Morgan fingerprint density at radius 3 is 3.00 bits per heavy atom. The molecule has 0 saturated carbocycles. The molecule has 0 atom stereocenters. The highest BCUT2D eigenvalue weighted by atomic mass is 16.4. The van der Waals surface area contributed by atoms with Gasteiger partial charge in [-0.05, 0) is 12.1 Å². The molecule has 64 valence electrons. The highest BCUT2D eigenvalue weighted by Gasteiger charge is 2.09. The molecule has 0 amide bonds. The topological polar surface area (TPSA) is 84.5 Å². The van der Waals surface area contributed by atoms with Crippen LogP contribution in [-0.2, 0) is 11.3 Å². The van der Waals surface area contributed by atoms with Gasteiger partial charge in [0.15, 0.2) is 5.82 Å². The number of carbonyl (C=O) groups is 1. The SMILES string of the molecule is Cc1ncc(N=O)n1CC(=O)O. The van der Waals surface area contributed by atoms with Gasteiger partial charge in [0.05, 0.1) is 6.20 Å². The average Bonchev–Trinajstić information content (AvgIpc) is 2.32. The summed E-state index contributed by atoms with van der Waals surface area (Å²) in [6, 6.07) is 0. The van der Waals surface area contributed by atoms with Crippen molar-refractivity contribution in [3.8, 4) is 0 Å². The summed E-state index contributed by atoms with van der Waals surface area (Å²) in [5, 5.41) is 11.1. The quantitative estimate of drug-likeness (QED) is 0.674. The van der Waals surface area contributed by atoms with E-state index in [-0.39, 0.29) is 12.4 Å². The van der Waals surface area contributed by atoms with Crippen LogP contribution in [0.4, 0.5) is 5.82 Å². The van der Waals surface area contributed by atoms with Gasteiger partial charge >= 0.3 is 5.97 Å². The lowest BCUT2D eigenvalue weighted by atomic mass is 10.5. The van der Waals surface area contributed by atoms with Gasteiger partial charge in [0.25, 0.3) is 0 Å². The Hall–Kier alpha value is -1.72. The largest absolute Gasteiger partial charge is 0.480 e. The van der Waals surface area contributed by atoms with Gasteiger partial charge in [0.2, 0.25) is 0 Å². The minimum absolute atomic E-state index is 0.0369. The van der Waals surface area contributed by atoms with Crippen LogP contribution in [-0.4, -0.2) is 20.6 Å². The molecule has 6 heteroatoms. The van der Waals surface area contributed by atoms with Gasteiger partial charge in [-0.15, -0.1) is 4.91 Å². The third-order valence-electron chi connectivity index (χ3n) is 1.42. The van der Waals surface area contributed by atoms with Crippen LogP contribution in [0.5, 0.6) is 0 Å². The molecule has 0 aromatic carbocycles. The summed E-state index contributed by atoms with van der Waals surface area (Å²) >= 11 is 0. The van der Waals surface area contributed by atoms with Gasteiger partial charge in [0.1, 0.15) is 12.4 Å². The molecule has 0 spiro atoms. The van der Waals surface area contributed by atoms with Crippen molar-refractivity contribution in [3.05, 3.63) is 16.9 Å². The van der Waals surface area contributed by atoms with Crippen LogP contribution in [0.1, 0.15) is 5.82 Å². The molecule has 0 unspecified atom stereocenters. The zero-order chi connectivity index (χ0) is 9.14. The van der Waals surface area contributed by atoms with Gasteiger partial charge in [-0.25, -0.2) is 4.98 Å². The molecule has 0 bridgehead atoms. The van der Waals surface area contributed by atoms with Gasteiger partial charge in [-0.1, -0.05) is 0 Å². The van der Waals surface area contributed by atoms with Crippen molar-refractivity contribution >= 4 is 11.8 Å². The number of carboxylic acid groups (broad SMARTS) is 1. The number of carboxylic acids is 1. The summed E-state index contributed by atoms with van der Waals surface area (Å²) in [6.07, 6.45) is 1.24. The summed E-state index contributed by atoms with van der Waals surface area (Å²) in [7, 11) is 0. The predicted octanol–water partition coefficient (Wildman–Crippen LogP) is 0.674. The predicted molar refractivity (Wildman–Crippen MR) is 40.1 cm³/mol. The first-order valence-electron chi connectivity index (χ1n) is 3.22. The molecule has 1 aromatic heterocycles. The van der Waals surface area contributed by atoms with Crippen LogP contribution in [0.2, 0.25) is 0 Å². The molecule has 1 rings (SSSR count). The second-order valence-electron chi connectivity index (χ2n) is 2.23.